The Morgan fingerprint density at radius 2 is 2.33 bits per heavy atom. The maximum Gasteiger partial charge on any atom is 0.235 e. The summed E-state index contributed by atoms with van der Waals surface area (Å²) in [5.74, 6) is -0.571. The van der Waals surface area contributed by atoms with Crippen molar-refractivity contribution in [3.8, 4) is 0 Å². The highest BCUT2D eigenvalue weighted by Gasteiger charge is 2.32. The van der Waals surface area contributed by atoms with E-state index in [1.807, 2.05) is 17.5 Å². The highest BCUT2D eigenvalue weighted by molar-refractivity contribution is 7.10. The van der Waals surface area contributed by atoms with Gasteiger partial charge in [-0.2, -0.15) is 0 Å². The van der Waals surface area contributed by atoms with Crippen LogP contribution in [0.1, 0.15) is 17.2 Å². The number of amides is 2. The molecule has 2 amide bonds. The molecule has 1 aromatic heterocycles. The smallest absolute Gasteiger partial charge is 0.235 e. The van der Waals surface area contributed by atoms with E-state index in [0.717, 1.165) is 4.88 Å². The molecule has 1 fully saturated rings. The summed E-state index contributed by atoms with van der Waals surface area (Å²) in [5, 5.41) is 4.19. The van der Waals surface area contributed by atoms with Gasteiger partial charge in [-0.25, -0.2) is 0 Å². The lowest BCUT2D eigenvalue weighted by Gasteiger charge is -1.99. The number of carbonyl (C=O) groups excluding carboxylic acids is 2. The molecule has 3 nitrogen and oxygen atoms in total. The molecule has 1 saturated heterocycles. The fourth-order valence-corrected chi connectivity index (χ4v) is 2.10. The molecule has 0 saturated carbocycles. The minimum Gasteiger partial charge on any atom is -0.296 e. The average molecular weight is 181 g/mol. The Labute approximate surface area is 73.4 Å². The maximum atomic E-state index is 11.2. The van der Waals surface area contributed by atoms with Crippen molar-refractivity contribution in [2.45, 2.75) is 12.3 Å². The van der Waals surface area contributed by atoms with Gasteiger partial charge < -0.3 is 0 Å². The molecule has 4 heteroatoms. The number of rotatable bonds is 1. The van der Waals surface area contributed by atoms with E-state index in [2.05, 4.69) is 5.32 Å². The van der Waals surface area contributed by atoms with E-state index in [-0.39, 0.29) is 17.7 Å². The summed E-state index contributed by atoms with van der Waals surface area (Å²) >= 11 is 1.51. The standard InChI is InChI=1S/C8H7NO2S/c10-7-4-5(8(11)9-7)6-2-1-3-12-6/h1-3,5H,4H2,(H,9,10,11). The quantitative estimate of drug-likeness (QED) is 0.654. The van der Waals surface area contributed by atoms with Crippen LogP contribution in [0.15, 0.2) is 17.5 Å². The Hall–Kier alpha value is -1.16. The Morgan fingerprint density at radius 1 is 1.50 bits per heavy atom. The van der Waals surface area contributed by atoms with E-state index < -0.39 is 0 Å². The van der Waals surface area contributed by atoms with Gasteiger partial charge in [-0.3, -0.25) is 14.9 Å². The van der Waals surface area contributed by atoms with Gasteiger partial charge >= 0.3 is 0 Å². The van der Waals surface area contributed by atoms with Crippen molar-refractivity contribution in [3.63, 3.8) is 0 Å². The Balaban J connectivity index is 2.26. The highest BCUT2D eigenvalue weighted by Crippen LogP contribution is 2.27. The Morgan fingerprint density at radius 3 is 2.83 bits per heavy atom. The second kappa shape index (κ2) is 2.71. The lowest BCUT2D eigenvalue weighted by molar-refractivity contribution is -0.125. The van der Waals surface area contributed by atoms with Crippen LogP contribution < -0.4 is 5.32 Å². The van der Waals surface area contributed by atoms with Crippen LogP contribution in [0.3, 0.4) is 0 Å². The van der Waals surface area contributed by atoms with Crippen molar-refractivity contribution in [1.29, 1.82) is 0 Å². The number of hydrogen-bond acceptors (Lipinski definition) is 3. The van der Waals surface area contributed by atoms with Gasteiger partial charge in [0, 0.05) is 11.3 Å². The lowest BCUT2D eigenvalue weighted by Crippen LogP contribution is -2.21. The summed E-state index contributed by atoms with van der Waals surface area (Å²) in [6, 6.07) is 3.77. The van der Waals surface area contributed by atoms with Crippen LogP contribution in [0.4, 0.5) is 0 Å². The first-order valence-electron chi connectivity index (χ1n) is 3.64. The molecule has 0 bridgehead atoms. The van der Waals surface area contributed by atoms with Gasteiger partial charge in [0.1, 0.15) is 0 Å². The number of nitrogens with one attached hydrogen (secondary N) is 1. The zero-order valence-corrected chi connectivity index (χ0v) is 7.06. The fourth-order valence-electron chi connectivity index (χ4n) is 1.27. The van der Waals surface area contributed by atoms with Gasteiger partial charge in [-0.05, 0) is 11.4 Å². The van der Waals surface area contributed by atoms with Crippen molar-refractivity contribution in [3.05, 3.63) is 22.4 Å². The molecule has 0 spiro atoms. The minimum atomic E-state index is -0.238. The summed E-state index contributed by atoms with van der Waals surface area (Å²) in [4.78, 5) is 23.0. The molecule has 1 aliphatic heterocycles. The second-order valence-corrected chi connectivity index (χ2v) is 3.66. The molecule has 1 aliphatic rings. The SMILES string of the molecule is O=C1CC(c2cccs2)C(=O)N1. The molecule has 0 radical (unpaired) electrons. The molecule has 12 heavy (non-hydrogen) atoms. The minimum absolute atomic E-state index is 0.164. The normalized spacial score (nSPS) is 22.8. The van der Waals surface area contributed by atoms with Crippen molar-refractivity contribution in [1.82, 2.24) is 5.32 Å². The monoisotopic (exact) mass is 181 g/mol. The molecule has 0 aliphatic carbocycles. The zero-order chi connectivity index (χ0) is 8.55. The number of hydrogen-bond donors (Lipinski definition) is 1. The first kappa shape index (κ1) is 7.49. The topological polar surface area (TPSA) is 46.2 Å². The van der Waals surface area contributed by atoms with Crippen molar-refractivity contribution >= 4 is 23.2 Å². The first-order chi connectivity index (χ1) is 5.77. The summed E-state index contributed by atoms with van der Waals surface area (Å²) < 4.78 is 0. The molecule has 62 valence electrons. The van der Waals surface area contributed by atoms with E-state index in [9.17, 15) is 9.59 Å². The van der Waals surface area contributed by atoms with E-state index in [0.29, 0.717) is 6.42 Å². The third-order valence-electron chi connectivity index (χ3n) is 1.86. The summed E-state index contributed by atoms with van der Waals surface area (Å²) in [6.07, 6.45) is 0.305. The predicted molar refractivity (Wildman–Crippen MR) is 44.8 cm³/mol. The van der Waals surface area contributed by atoms with Crippen molar-refractivity contribution < 1.29 is 9.59 Å². The van der Waals surface area contributed by atoms with Crippen molar-refractivity contribution in [2.75, 3.05) is 0 Å². The van der Waals surface area contributed by atoms with Crippen LogP contribution in [-0.4, -0.2) is 11.8 Å². The first-order valence-corrected chi connectivity index (χ1v) is 4.52. The summed E-state index contributed by atoms with van der Waals surface area (Å²) in [6.45, 7) is 0. The van der Waals surface area contributed by atoms with Crippen LogP contribution in [0.2, 0.25) is 0 Å². The number of imide groups is 1. The Kier molecular flexibility index (Phi) is 1.69. The number of carbonyl (C=O) groups is 2. The van der Waals surface area contributed by atoms with Gasteiger partial charge in [0.05, 0.1) is 5.92 Å². The lowest BCUT2D eigenvalue weighted by atomic mass is 10.1. The van der Waals surface area contributed by atoms with E-state index >= 15 is 0 Å². The third-order valence-corrected chi connectivity index (χ3v) is 2.84. The van der Waals surface area contributed by atoms with Crippen LogP contribution in [-0.2, 0) is 9.59 Å². The van der Waals surface area contributed by atoms with Gasteiger partial charge in [-0.1, -0.05) is 6.07 Å². The molecule has 1 N–H and O–H groups in total. The molecule has 1 aromatic rings. The average Bonchev–Trinajstić information content (AvgIpc) is 2.58. The fraction of sp³-hybridized carbons (Fsp3) is 0.250. The predicted octanol–water partition coefficient (Wildman–Crippen LogP) is 0.878. The van der Waals surface area contributed by atoms with E-state index in [1.54, 1.807) is 0 Å². The largest absolute Gasteiger partial charge is 0.296 e. The third kappa shape index (κ3) is 1.14. The molecular formula is C8H7NO2S. The van der Waals surface area contributed by atoms with Gasteiger partial charge in [0.2, 0.25) is 11.8 Å². The molecule has 1 unspecified atom stereocenters. The van der Waals surface area contributed by atoms with E-state index in [4.69, 9.17) is 0 Å². The number of thiophene rings is 1. The Bertz CT molecular complexity index is 318. The molecule has 2 heterocycles. The molecule has 1 atom stereocenters. The van der Waals surface area contributed by atoms with Gasteiger partial charge in [0.15, 0.2) is 0 Å². The summed E-state index contributed by atoms with van der Waals surface area (Å²) in [5.41, 5.74) is 0. The van der Waals surface area contributed by atoms with Crippen LogP contribution >= 0.6 is 11.3 Å². The van der Waals surface area contributed by atoms with Crippen LogP contribution in [0.5, 0.6) is 0 Å². The van der Waals surface area contributed by atoms with Crippen LogP contribution in [0, 0.1) is 0 Å². The van der Waals surface area contributed by atoms with Gasteiger partial charge in [-0.15, -0.1) is 11.3 Å². The highest BCUT2D eigenvalue weighted by atomic mass is 32.1. The summed E-state index contributed by atoms with van der Waals surface area (Å²) in [7, 11) is 0. The van der Waals surface area contributed by atoms with Gasteiger partial charge in [0.25, 0.3) is 0 Å². The van der Waals surface area contributed by atoms with Crippen molar-refractivity contribution in [2.24, 2.45) is 0 Å². The maximum absolute atomic E-state index is 11.2. The molecular weight excluding hydrogens is 174 g/mol. The van der Waals surface area contributed by atoms with Crippen LogP contribution in [0.25, 0.3) is 0 Å². The zero-order valence-electron chi connectivity index (χ0n) is 6.24. The molecule has 0 aromatic carbocycles. The second-order valence-electron chi connectivity index (χ2n) is 2.68. The van der Waals surface area contributed by atoms with E-state index in [1.165, 1.54) is 11.3 Å². The molecule has 2 rings (SSSR count).